The largest absolute Gasteiger partial charge is 0.324 e. The first-order chi connectivity index (χ1) is 12.4. The quantitative estimate of drug-likeness (QED) is 0.682. The lowest BCUT2D eigenvalue weighted by Crippen LogP contribution is -2.51. The predicted molar refractivity (Wildman–Crippen MR) is 94.7 cm³/mol. The van der Waals surface area contributed by atoms with Gasteiger partial charge in [0.1, 0.15) is 5.82 Å². The van der Waals surface area contributed by atoms with Crippen molar-refractivity contribution in [3.63, 3.8) is 0 Å². The molecule has 0 saturated heterocycles. The molecular formula is C17H22N8O. The second kappa shape index (κ2) is 6.17. The molecule has 4 heterocycles. The van der Waals surface area contributed by atoms with Crippen molar-refractivity contribution in [1.29, 1.82) is 0 Å². The Kier molecular flexibility index (Phi) is 3.95. The fourth-order valence-corrected chi connectivity index (χ4v) is 3.51. The van der Waals surface area contributed by atoms with Crippen LogP contribution in [-0.4, -0.2) is 71.5 Å². The Bertz CT molecular complexity index is 972. The van der Waals surface area contributed by atoms with Crippen molar-refractivity contribution >= 4 is 11.6 Å². The Morgan fingerprint density at radius 3 is 2.88 bits per heavy atom. The number of aryl methyl sites for hydroxylation is 2. The van der Waals surface area contributed by atoms with Gasteiger partial charge in [-0.2, -0.15) is 0 Å². The van der Waals surface area contributed by atoms with E-state index in [0.717, 1.165) is 23.9 Å². The van der Waals surface area contributed by atoms with Crippen LogP contribution in [0.5, 0.6) is 0 Å². The molecule has 1 aliphatic heterocycles. The van der Waals surface area contributed by atoms with Crippen LogP contribution < -0.4 is 0 Å². The lowest BCUT2D eigenvalue weighted by Gasteiger charge is -2.37. The summed E-state index contributed by atoms with van der Waals surface area (Å²) < 4.78 is 3.93. The van der Waals surface area contributed by atoms with Gasteiger partial charge in [-0.3, -0.25) is 4.79 Å². The molecule has 0 radical (unpaired) electrons. The van der Waals surface area contributed by atoms with Crippen LogP contribution in [0.25, 0.3) is 5.65 Å². The van der Waals surface area contributed by atoms with Gasteiger partial charge < -0.3 is 18.8 Å². The Hall–Kier alpha value is -2.81. The topological polar surface area (TPSA) is 84.5 Å². The number of rotatable bonds is 3. The minimum absolute atomic E-state index is 0.0119. The van der Waals surface area contributed by atoms with Crippen molar-refractivity contribution < 1.29 is 4.79 Å². The monoisotopic (exact) mass is 354 g/mol. The molecule has 26 heavy (non-hydrogen) atoms. The first kappa shape index (κ1) is 16.6. The van der Waals surface area contributed by atoms with Gasteiger partial charge in [-0.15, -0.1) is 10.2 Å². The maximum atomic E-state index is 13.4. The molecule has 1 atom stereocenters. The number of hydrogen-bond donors (Lipinski definition) is 0. The van der Waals surface area contributed by atoms with Gasteiger partial charge in [0.05, 0.1) is 18.3 Å². The molecule has 0 fully saturated rings. The van der Waals surface area contributed by atoms with Crippen LogP contribution in [0.15, 0.2) is 18.6 Å². The molecule has 1 amide bonds. The number of aromatic nitrogens is 6. The summed E-state index contributed by atoms with van der Waals surface area (Å²) in [4.78, 5) is 26.1. The highest BCUT2D eigenvalue weighted by Gasteiger charge is 2.34. The summed E-state index contributed by atoms with van der Waals surface area (Å²) in [5, 5.41) is 8.39. The Balaban J connectivity index is 1.74. The summed E-state index contributed by atoms with van der Waals surface area (Å²) in [5.41, 5.74) is 1.81. The normalized spacial score (nSPS) is 17.1. The Morgan fingerprint density at radius 1 is 1.31 bits per heavy atom. The van der Waals surface area contributed by atoms with E-state index in [4.69, 9.17) is 0 Å². The molecular weight excluding hydrogens is 332 g/mol. The van der Waals surface area contributed by atoms with E-state index in [1.807, 2.05) is 43.4 Å². The highest BCUT2D eigenvalue weighted by Crippen LogP contribution is 2.21. The minimum Gasteiger partial charge on any atom is -0.324 e. The van der Waals surface area contributed by atoms with Gasteiger partial charge >= 0.3 is 0 Å². The highest BCUT2D eigenvalue weighted by molar-refractivity contribution is 5.98. The SMILES string of the molecule is Cc1cn2ccnc(C(=O)N3Cc4nnc(C)n4CC3CN(C)C)c2n1. The van der Waals surface area contributed by atoms with Crippen LogP contribution in [0.4, 0.5) is 0 Å². The molecule has 9 heteroatoms. The molecule has 9 nitrogen and oxygen atoms in total. The molecule has 0 aliphatic carbocycles. The summed E-state index contributed by atoms with van der Waals surface area (Å²) in [5.74, 6) is 1.55. The maximum Gasteiger partial charge on any atom is 0.277 e. The molecule has 3 aromatic rings. The van der Waals surface area contributed by atoms with E-state index in [1.165, 1.54) is 0 Å². The molecule has 136 valence electrons. The van der Waals surface area contributed by atoms with E-state index >= 15 is 0 Å². The van der Waals surface area contributed by atoms with Gasteiger partial charge in [0.25, 0.3) is 5.91 Å². The average molecular weight is 354 g/mol. The van der Waals surface area contributed by atoms with E-state index in [9.17, 15) is 4.79 Å². The molecule has 0 spiro atoms. The van der Waals surface area contributed by atoms with E-state index < -0.39 is 0 Å². The van der Waals surface area contributed by atoms with Crippen LogP contribution in [0.3, 0.4) is 0 Å². The van der Waals surface area contributed by atoms with Crippen molar-refractivity contribution in [2.75, 3.05) is 20.6 Å². The molecule has 0 saturated carbocycles. The molecule has 4 rings (SSSR count). The molecule has 3 aromatic heterocycles. The molecule has 0 N–H and O–H groups in total. The number of carbonyl (C=O) groups is 1. The van der Waals surface area contributed by atoms with Crippen LogP contribution in [0, 0.1) is 13.8 Å². The molecule has 1 aliphatic rings. The lowest BCUT2D eigenvalue weighted by atomic mass is 10.1. The van der Waals surface area contributed by atoms with Gasteiger partial charge in [0.15, 0.2) is 17.2 Å². The smallest absolute Gasteiger partial charge is 0.277 e. The fourth-order valence-electron chi connectivity index (χ4n) is 3.51. The Labute approximate surface area is 151 Å². The zero-order valence-electron chi connectivity index (χ0n) is 15.4. The number of likely N-dealkylation sites (N-methyl/N-ethyl adjacent to an activating group) is 1. The minimum atomic E-state index is -0.125. The van der Waals surface area contributed by atoms with E-state index in [-0.39, 0.29) is 11.9 Å². The van der Waals surface area contributed by atoms with E-state index in [0.29, 0.717) is 24.4 Å². The number of nitrogens with zero attached hydrogens (tertiary/aromatic N) is 8. The molecule has 0 aromatic carbocycles. The fraction of sp³-hybridized carbons (Fsp3) is 0.471. The van der Waals surface area contributed by atoms with Crippen LogP contribution in [0.1, 0.15) is 27.8 Å². The van der Waals surface area contributed by atoms with E-state index in [2.05, 4.69) is 29.6 Å². The third kappa shape index (κ3) is 2.74. The summed E-state index contributed by atoms with van der Waals surface area (Å²) in [6.45, 7) is 5.69. The second-order valence-electron chi connectivity index (χ2n) is 7.01. The number of fused-ring (bicyclic) bond motifs is 2. The Morgan fingerprint density at radius 2 is 2.12 bits per heavy atom. The zero-order valence-corrected chi connectivity index (χ0v) is 15.4. The number of hydrogen-bond acceptors (Lipinski definition) is 6. The van der Waals surface area contributed by atoms with Crippen molar-refractivity contribution in [3.05, 3.63) is 41.6 Å². The maximum absolute atomic E-state index is 13.4. The third-order valence-corrected chi connectivity index (χ3v) is 4.69. The first-order valence-electron chi connectivity index (χ1n) is 8.58. The van der Waals surface area contributed by atoms with Crippen molar-refractivity contribution in [1.82, 2.24) is 38.9 Å². The van der Waals surface area contributed by atoms with Gasteiger partial charge in [-0.1, -0.05) is 0 Å². The van der Waals surface area contributed by atoms with Crippen molar-refractivity contribution in [2.24, 2.45) is 0 Å². The van der Waals surface area contributed by atoms with E-state index in [1.54, 1.807) is 12.4 Å². The lowest BCUT2D eigenvalue weighted by molar-refractivity contribution is 0.0538. The van der Waals surface area contributed by atoms with Crippen molar-refractivity contribution in [3.8, 4) is 0 Å². The third-order valence-electron chi connectivity index (χ3n) is 4.69. The van der Waals surface area contributed by atoms with Gasteiger partial charge in [0.2, 0.25) is 0 Å². The van der Waals surface area contributed by atoms with Gasteiger partial charge in [-0.25, -0.2) is 9.97 Å². The first-order valence-corrected chi connectivity index (χ1v) is 8.58. The number of carbonyl (C=O) groups excluding carboxylic acids is 1. The van der Waals surface area contributed by atoms with Gasteiger partial charge in [-0.05, 0) is 27.9 Å². The predicted octanol–water partition coefficient (Wildman–Crippen LogP) is 0.524. The summed E-state index contributed by atoms with van der Waals surface area (Å²) in [6.07, 6.45) is 5.33. The molecule has 0 bridgehead atoms. The second-order valence-corrected chi connectivity index (χ2v) is 7.01. The van der Waals surface area contributed by atoms with Crippen LogP contribution >= 0.6 is 0 Å². The summed E-state index contributed by atoms with van der Waals surface area (Å²) >= 11 is 0. The molecule has 1 unspecified atom stereocenters. The summed E-state index contributed by atoms with van der Waals surface area (Å²) in [6, 6.07) is 0.0119. The van der Waals surface area contributed by atoms with Crippen LogP contribution in [-0.2, 0) is 13.1 Å². The average Bonchev–Trinajstić information content (AvgIpc) is 3.15. The van der Waals surface area contributed by atoms with Crippen LogP contribution in [0.2, 0.25) is 0 Å². The summed E-state index contributed by atoms with van der Waals surface area (Å²) in [7, 11) is 4.02. The number of imidazole rings is 1. The zero-order chi connectivity index (χ0) is 18.4. The number of amides is 1. The standard InChI is InChI=1S/C17H22N8O/c1-11-7-23-6-5-18-15(16(23)19-11)17(26)25-10-14-21-20-12(2)24(14)9-13(25)8-22(3)4/h5-7,13H,8-10H2,1-4H3. The van der Waals surface area contributed by atoms with Crippen molar-refractivity contribution in [2.45, 2.75) is 33.0 Å². The highest BCUT2D eigenvalue weighted by atomic mass is 16.2. The van der Waals surface area contributed by atoms with Gasteiger partial charge in [0, 0.05) is 31.7 Å².